The van der Waals surface area contributed by atoms with Gasteiger partial charge in [-0.3, -0.25) is 0 Å². The molecular weight excluding hydrogens is 158 g/mol. The average molecular weight is 187 g/mol. The molecule has 0 radical (unpaired) electrons. The smallest absolute Gasteiger partial charge is 0.00180 e. The molecule has 0 aromatic rings. The number of piperidine rings is 1. The van der Waals surface area contributed by atoms with Crippen LogP contribution in [0.4, 0.5) is 0 Å². The van der Waals surface area contributed by atoms with Gasteiger partial charge in [-0.1, -0.05) is 48.5 Å². The summed E-state index contributed by atoms with van der Waals surface area (Å²) in [5, 5.41) is 3.39. The van der Waals surface area contributed by atoms with E-state index in [9.17, 15) is 0 Å². The molecule has 0 spiro atoms. The van der Waals surface area contributed by atoms with Gasteiger partial charge in [-0.15, -0.1) is 0 Å². The molecule has 1 nitrogen and oxygen atoms in total. The maximum absolute atomic E-state index is 3.39. The molecule has 1 aliphatic heterocycles. The zero-order valence-corrected chi connectivity index (χ0v) is 10.7. The van der Waals surface area contributed by atoms with Crippen LogP contribution in [0.1, 0.15) is 54.9 Å². The monoisotopic (exact) mass is 187 g/mol. The number of nitrogens with one attached hydrogen (secondary N) is 1. The van der Waals surface area contributed by atoms with Gasteiger partial charge < -0.3 is 5.32 Å². The fraction of sp³-hybridized carbons (Fsp3) is 1.00. The third-order valence-electron chi connectivity index (χ3n) is 2.73. The van der Waals surface area contributed by atoms with Gasteiger partial charge in [0.25, 0.3) is 0 Å². The van der Waals surface area contributed by atoms with Crippen LogP contribution in [0.3, 0.4) is 0 Å². The van der Waals surface area contributed by atoms with Crippen molar-refractivity contribution in [2.75, 3.05) is 13.1 Å². The fourth-order valence-electron chi connectivity index (χ4n) is 1.25. The van der Waals surface area contributed by atoms with Gasteiger partial charge in [0, 0.05) is 0 Å². The summed E-state index contributed by atoms with van der Waals surface area (Å²) in [6, 6.07) is 0. The van der Waals surface area contributed by atoms with Crippen molar-refractivity contribution in [2.24, 2.45) is 11.3 Å². The first-order valence-electron chi connectivity index (χ1n) is 5.83. The Morgan fingerprint density at radius 1 is 1.08 bits per heavy atom. The van der Waals surface area contributed by atoms with Crippen molar-refractivity contribution in [3.8, 4) is 0 Å². The molecule has 1 saturated heterocycles. The van der Waals surface area contributed by atoms with Crippen molar-refractivity contribution in [1.29, 1.82) is 0 Å². The Kier molecular flexibility index (Phi) is 10.2. The molecule has 0 amide bonds. The Hall–Kier alpha value is -0.0400. The Bertz CT molecular complexity index is 97.3. The third-order valence-corrected chi connectivity index (χ3v) is 2.73. The topological polar surface area (TPSA) is 12.0 Å². The van der Waals surface area contributed by atoms with Crippen LogP contribution >= 0.6 is 0 Å². The lowest BCUT2D eigenvalue weighted by Crippen LogP contribution is -2.40. The van der Waals surface area contributed by atoms with E-state index in [2.05, 4.69) is 26.1 Å². The van der Waals surface area contributed by atoms with Gasteiger partial charge in [0.2, 0.25) is 0 Å². The quantitative estimate of drug-likeness (QED) is 0.610. The van der Waals surface area contributed by atoms with Crippen molar-refractivity contribution in [2.45, 2.75) is 54.9 Å². The largest absolute Gasteiger partial charge is 0.316 e. The molecule has 1 atom stereocenters. The van der Waals surface area contributed by atoms with E-state index >= 15 is 0 Å². The Balaban J connectivity index is 0. The van der Waals surface area contributed by atoms with E-state index in [1.54, 1.807) is 0 Å². The Morgan fingerprint density at radius 3 is 1.77 bits per heavy atom. The molecule has 0 aromatic heterocycles. The molecule has 0 aromatic carbocycles. The molecule has 1 fully saturated rings. The minimum absolute atomic E-state index is 0.575. The van der Waals surface area contributed by atoms with Crippen LogP contribution in [0.5, 0.6) is 0 Å². The highest BCUT2D eigenvalue weighted by molar-refractivity contribution is 4.81. The van der Waals surface area contributed by atoms with Gasteiger partial charge in [-0.05, 0) is 30.8 Å². The summed E-state index contributed by atoms with van der Waals surface area (Å²) in [4.78, 5) is 0. The number of hydrogen-bond donors (Lipinski definition) is 1. The van der Waals surface area contributed by atoms with Crippen LogP contribution in [-0.2, 0) is 0 Å². The molecular formula is C12H29N. The van der Waals surface area contributed by atoms with Gasteiger partial charge in [0.1, 0.15) is 0 Å². The predicted octanol–water partition coefficient (Wildman–Crippen LogP) is 3.69. The standard InChI is InChI=1S/C8H17N.2C2H6/c1-7-6-9-5-4-8(7,2)3;2*1-2/h7,9H,4-6H2,1-3H3;2*1-2H3. The van der Waals surface area contributed by atoms with Crippen molar-refractivity contribution in [3.05, 3.63) is 0 Å². The van der Waals surface area contributed by atoms with E-state index in [1.807, 2.05) is 27.7 Å². The summed E-state index contributed by atoms with van der Waals surface area (Å²) in [6.07, 6.45) is 1.33. The SMILES string of the molecule is CC.CC.CC1CNCCC1(C)C. The second-order valence-corrected chi connectivity index (χ2v) is 3.84. The number of rotatable bonds is 0. The molecule has 1 heterocycles. The second kappa shape index (κ2) is 8.55. The minimum Gasteiger partial charge on any atom is -0.316 e. The first-order chi connectivity index (χ1) is 6.13. The minimum atomic E-state index is 0.575. The van der Waals surface area contributed by atoms with E-state index < -0.39 is 0 Å². The first kappa shape index (κ1) is 15.4. The zero-order chi connectivity index (χ0) is 10.9. The van der Waals surface area contributed by atoms with E-state index in [-0.39, 0.29) is 0 Å². The lowest BCUT2D eigenvalue weighted by molar-refractivity contribution is 0.169. The van der Waals surface area contributed by atoms with Crippen molar-refractivity contribution in [1.82, 2.24) is 5.32 Å². The molecule has 0 saturated carbocycles. The van der Waals surface area contributed by atoms with E-state index in [4.69, 9.17) is 0 Å². The van der Waals surface area contributed by atoms with Crippen LogP contribution < -0.4 is 5.32 Å². The van der Waals surface area contributed by atoms with Gasteiger partial charge in [0.05, 0.1) is 0 Å². The van der Waals surface area contributed by atoms with E-state index in [0.717, 1.165) is 5.92 Å². The van der Waals surface area contributed by atoms with Crippen LogP contribution in [0.2, 0.25) is 0 Å². The fourth-order valence-corrected chi connectivity index (χ4v) is 1.25. The summed E-state index contributed by atoms with van der Waals surface area (Å²) >= 11 is 0. The van der Waals surface area contributed by atoms with Crippen LogP contribution in [0.25, 0.3) is 0 Å². The summed E-state index contributed by atoms with van der Waals surface area (Å²) < 4.78 is 0. The number of hydrogen-bond acceptors (Lipinski definition) is 1. The molecule has 0 aliphatic carbocycles. The van der Waals surface area contributed by atoms with Crippen LogP contribution in [-0.4, -0.2) is 13.1 Å². The average Bonchev–Trinajstić information content (AvgIpc) is 2.17. The van der Waals surface area contributed by atoms with Crippen molar-refractivity contribution < 1.29 is 0 Å². The molecule has 1 heteroatoms. The maximum atomic E-state index is 3.39. The van der Waals surface area contributed by atoms with Crippen molar-refractivity contribution in [3.63, 3.8) is 0 Å². The van der Waals surface area contributed by atoms with Gasteiger partial charge in [0.15, 0.2) is 0 Å². The molecule has 1 aliphatic rings. The summed E-state index contributed by atoms with van der Waals surface area (Å²) in [5.74, 6) is 0.839. The van der Waals surface area contributed by atoms with Gasteiger partial charge in [-0.2, -0.15) is 0 Å². The highest BCUT2D eigenvalue weighted by atomic mass is 14.9. The molecule has 1 rings (SSSR count). The van der Waals surface area contributed by atoms with E-state index in [0.29, 0.717) is 5.41 Å². The lowest BCUT2D eigenvalue weighted by Gasteiger charge is -2.36. The Morgan fingerprint density at radius 2 is 1.54 bits per heavy atom. The normalized spacial score (nSPS) is 24.7. The maximum Gasteiger partial charge on any atom is -0.00180 e. The van der Waals surface area contributed by atoms with Crippen molar-refractivity contribution >= 4 is 0 Å². The lowest BCUT2D eigenvalue weighted by atomic mass is 9.75. The molecule has 13 heavy (non-hydrogen) atoms. The summed E-state index contributed by atoms with van der Waals surface area (Å²) in [5.41, 5.74) is 0.575. The van der Waals surface area contributed by atoms with Gasteiger partial charge in [-0.25, -0.2) is 0 Å². The van der Waals surface area contributed by atoms with Crippen LogP contribution in [0, 0.1) is 11.3 Å². The zero-order valence-electron chi connectivity index (χ0n) is 10.7. The van der Waals surface area contributed by atoms with Gasteiger partial charge >= 0.3 is 0 Å². The molecule has 0 bridgehead atoms. The highest BCUT2D eigenvalue weighted by Gasteiger charge is 2.27. The predicted molar refractivity (Wildman–Crippen MR) is 63.1 cm³/mol. The molecule has 1 unspecified atom stereocenters. The molecule has 1 N–H and O–H groups in total. The first-order valence-corrected chi connectivity index (χ1v) is 5.83. The Labute approximate surface area is 85.3 Å². The second-order valence-electron chi connectivity index (χ2n) is 3.84. The van der Waals surface area contributed by atoms with E-state index in [1.165, 1.54) is 19.5 Å². The summed E-state index contributed by atoms with van der Waals surface area (Å²) in [7, 11) is 0. The highest BCUT2D eigenvalue weighted by Crippen LogP contribution is 2.31. The third kappa shape index (κ3) is 6.09. The van der Waals surface area contributed by atoms with Crippen LogP contribution in [0.15, 0.2) is 0 Å². The molecule has 82 valence electrons. The summed E-state index contributed by atoms with van der Waals surface area (Å²) in [6.45, 7) is 17.5.